The van der Waals surface area contributed by atoms with E-state index in [0.29, 0.717) is 0 Å². The highest BCUT2D eigenvalue weighted by atomic mass is 15.2. The lowest BCUT2D eigenvalue weighted by Gasteiger charge is -2.46. The molecule has 31 heavy (non-hydrogen) atoms. The van der Waals surface area contributed by atoms with Crippen LogP contribution in [-0.4, -0.2) is 4.40 Å². The van der Waals surface area contributed by atoms with E-state index in [4.69, 9.17) is 0 Å². The van der Waals surface area contributed by atoms with Crippen LogP contribution in [0.1, 0.15) is 71.4 Å². The zero-order valence-electron chi connectivity index (χ0n) is 19.7. The average Bonchev–Trinajstić information content (AvgIpc) is 3.25. The van der Waals surface area contributed by atoms with E-state index in [2.05, 4.69) is 105 Å². The minimum Gasteiger partial charge on any atom is -0.224 e. The zero-order chi connectivity index (χ0) is 21.8. The largest absolute Gasteiger partial charge is 0.294 e. The molecular formula is C29H35N2+. The molecule has 0 bridgehead atoms. The maximum Gasteiger partial charge on any atom is 0.294 e. The van der Waals surface area contributed by atoms with Crippen LogP contribution in [0.25, 0.3) is 27.5 Å². The Kier molecular flexibility index (Phi) is 4.73. The van der Waals surface area contributed by atoms with Gasteiger partial charge in [-0.15, -0.1) is 0 Å². The van der Waals surface area contributed by atoms with Crippen LogP contribution in [0.15, 0.2) is 61.1 Å². The van der Waals surface area contributed by atoms with Crippen molar-refractivity contribution < 1.29 is 4.57 Å². The van der Waals surface area contributed by atoms with Crippen LogP contribution in [0.2, 0.25) is 0 Å². The number of imidazole rings is 1. The summed E-state index contributed by atoms with van der Waals surface area (Å²) in [7, 11) is 0. The number of unbranched alkanes of at least 4 members (excludes halogenated alkanes) is 1. The molecule has 2 aromatic heterocycles. The van der Waals surface area contributed by atoms with E-state index in [1.54, 1.807) is 0 Å². The molecule has 0 N–H and O–H groups in total. The molecule has 2 atom stereocenters. The van der Waals surface area contributed by atoms with E-state index in [9.17, 15) is 0 Å². The first kappa shape index (κ1) is 20.3. The summed E-state index contributed by atoms with van der Waals surface area (Å²) < 4.78 is 4.93. The second kappa shape index (κ2) is 7.22. The molecule has 0 saturated carbocycles. The highest BCUT2D eigenvalue weighted by Gasteiger charge is 2.53. The molecule has 0 saturated heterocycles. The smallest absolute Gasteiger partial charge is 0.224 e. The van der Waals surface area contributed by atoms with Crippen molar-refractivity contribution in [2.75, 3.05) is 0 Å². The number of pyridine rings is 1. The minimum absolute atomic E-state index is 0.0549. The van der Waals surface area contributed by atoms with E-state index in [-0.39, 0.29) is 11.0 Å². The van der Waals surface area contributed by atoms with Gasteiger partial charge in [-0.05, 0) is 49.3 Å². The summed E-state index contributed by atoms with van der Waals surface area (Å²) in [5, 5.41) is 2.81. The van der Waals surface area contributed by atoms with Gasteiger partial charge in [0.05, 0.1) is 5.39 Å². The van der Waals surface area contributed by atoms with Gasteiger partial charge in [0, 0.05) is 16.4 Å². The molecule has 0 fully saturated rings. The summed E-state index contributed by atoms with van der Waals surface area (Å²) in [6, 6.07) is 16.2. The fourth-order valence-electron chi connectivity index (χ4n) is 6.04. The molecule has 1 aliphatic heterocycles. The topological polar surface area (TPSA) is 8.29 Å². The molecule has 3 heterocycles. The monoisotopic (exact) mass is 411 g/mol. The predicted molar refractivity (Wildman–Crippen MR) is 131 cm³/mol. The van der Waals surface area contributed by atoms with Crippen LogP contribution in [0.3, 0.4) is 0 Å². The average molecular weight is 412 g/mol. The molecule has 4 aromatic rings. The van der Waals surface area contributed by atoms with Gasteiger partial charge in [0.15, 0.2) is 0 Å². The molecule has 0 amide bonds. The first-order valence-corrected chi connectivity index (χ1v) is 12.1. The number of aromatic nitrogens is 2. The Morgan fingerprint density at radius 1 is 0.968 bits per heavy atom. The van der Waals surface area contributed by atoms with Crippen molar-refractivity contribution in [2.45, 2.75) is 77.7 Å². The number of nitrogens with zero attached hydrogens (tertiary/aromatic N) is 2. The van der Waals surface area contributed by atoms with Gasteiger partial charge in [0.2, 0.25) is 0 Å². The van der Waals surface area contributed by atoms with Crippen molar-refractivity contribution in [3.05, 3.63) is 72.2 Å². The lowest BCUT2D eigenvalue weighted by atomic mass is 9.62. The predicted octanol–water partition coefficient (Wildman–Crippen LogP) is 7.20. The molecule has 0 aliphatic carbocycles. The molecule has 5 rings (SSSR count). The van der Waals surface area contributed by atoms with Crippen molar-refractivity contribution in [3.63, 3.8) is 0 Å². The van der Waals surface area contributed by atoms with E-state index in [1.165, 1.54) is 51.5 Å². The third-order valence-corrected chi connectivity index (χ3v) is 8.46. The third-order valence-electron chi connectivity index (χ3n) is 8.46. The fourth-order valence-corrected chi connectivity index (χ4v) is 6.04. The number of hydrogen-bond acceptors (Lipinski definition) is 0. The first-order chi connectivity index (χ1) is 15.0. The van der Waals surface area contributed by atoms with E-state index in [1.807, 2.05) is 0 Å². The molecule has 2 unspecified atom stereocenters. The number of aryl methyl sites for hydroxylation is 1. The van der Waals surface area contributed by atoms with Crippen molar-refractivity contribution in [1.29, 1.82) is 0 Å². The fraction of sp³-hybridized carbons (Fsp3) is 0.414. The van der Waals surface area contributed by atoms with Crippen molar-refractivity contribution in [2.24, 2.45) is 0 Å². The van der Waals surface area contributed by atoms with Gasteiger partial charge in [0.1, 0.15) is 24.1 Å². The van der Waals surface area contributed by atoms with Gasteiger partial charge in [0.25, 0.3) is 5.65 Å². The van der Waals surface area contributed by atoms with Gasteiger partial charge in [-0.3, -0.25) is 0 Å². The molecule has 2 nitrogen and oxygen atoms in total. The number of hydrogen-bond donors (Lipinski definition) is 0. The molecule has 0 radical (unpaired) electrons. The highest BCUT2D eigenvalue weighted by molar-refractivity contribution is 6.05. The molecule has 1 aliphatic rings. The van der Waals surface area contributed by atoms with Crippen LogP contribution < -0.4 is 4.57 Å². The maximum absolute atomic E-state index is 2.56. The highest BCUT2D eigenvalue weighted by Crippen LogP contribution is 2.49. The molecule has 0 spiro atoms. The van der Waals surface area contributed by atoms with E-state index >= 15 is 0 Å². The third kappa shape index (κ3) is 2.67. The Morgan fingerprint density at radius 3 is 2.52 bits per heavy atom. The zero-order valence-corrected chi connectivity index (χ0v) is 19.7. The summed E-state index contributed by atoms with van der Waals surface area (Å²) in [5.41, 5.74) is 7.09. The maximum atomic E-state index is 2.56. The Hall–Kier alpha value is -2.61. The van der Waals surface area contributed by atoms with E-state index < -0.39 is 0 Å². The summed E-state index contributed by atoms with van der Waals surface area (Å²) in [6.07, 6.45) is 12.8. The summed E-state index contributed by atoms with van der Waals surface area (Å²) in [6.45, 7) is 11.9. The summed E-state index contributed by atoms with van der Waals surface area (Å²) in [4.78, 5) is 0. The van der Waals surface area contributed by atoms with Gasteiger partial charge >= 0.3 is 0 Å². The second-order valence-electron chi connectivity index (χ2n) is 9.79. The Balaban J connectivity index is 1.85. The summed E-state index contributed by atoms with van der Waals surface area (Å²) >= 11 is 0. The first-order valence-electron chi connectivity index (χ1n) is 12.1. The van der Waals surface area contributed by atoms with Gasteiger partial charge in [-0.25, -0.2) is 8.97 Å². The number of rotatable bonds is 6. The Morgan fingerprint density at radius 2 is 1.77 bits per heavy atom. The second-order valence-corrected chi connectivity index (χ2v) is 9.79. The van der Waals surface area contributed by atoms with Gasteiger partial charge < -0.3 is 0 Å². The Bertz CT molecular complexity index is 1280. The SMILES string of the molecule is CCCCc1cccc(-c2cn3cc[n+]4c3c3c(cccc23)C(C)(CC)C4(C)CC)c1. The summed E-state index contributed by atoms with van der Waals surface area (Å²) in [5.74, 6) is 0. The van der Waals surface area contributed by atoms with Crippen molar-refractivity contribution in [3.8, 4) is 11.1 Å². The van der Waals surface area contributed by atoms with Gasteiger partial charge in [-0.2, -0.15) is 0 Å². The van der Waals surface area contributed by atoms with Crippen molar-refractivity contribution in [1.82, 2.24) is 4.40 Å². The number of benzene rings is 2. The Labute approximate surface area is 186 Å². The van der Waals surface area contributed by atoms with Crippen LogP contribution >= 0.6 is 0 Å². The van der Waals surface area contributed by atoms with Crippen LogP contribution in [-0.2, 0) is 17.4 Å². The molecule has 2 aromatic carbocycles. The minimum atomic E-state index is 0.0549. The molecule has 160 valence electrons. The standard InChI is InChI=1S/C29H35N2/c1-6-9-12-21-13-10-14-22(19-21)24-20-30-17-18-31-27(30)26-23(24)15-11-16-25(26)28(4,7-2)29(31,5)8-3/h10-11,13-20H,6-9,12H2,1-5H3/q+1. The van der Waals surface area contributed by atoms with E-state index in [0.717, 1.165) is 19.3 Å². The quantitative estimate of drug-likeness (QED) is 0.297. The van der Waals surface area contributed by atoms with Crippen LogP contribution in [0, 0.1) is 0 Å². The van der Waals surface area contributed by atoms with Crippen LogP contribution in [0.5, 0.6) is 0 Å². The van der Waals surface area contributed by atoms with Gasteiger partial charge in [-0.1, -0.05) is 76.6 Å². The lowest BCUT2D eigenvalue weighted by Crippen LogP contribution is -2.65. The lowest BCUT2D eigenvalue weighted by molar-refractivity contribution is -0.750. The molecular weight excluding hydrogens is 376 g/mol. The van der Waals surface area contributed by atoms with Crippen LogP contribution in [0.4, 0.5) is 0 Å². The van der Waals surface area contributed by atoms with Crippen molar-refractivity contribution >= 4 is 16.4 Å². The molecule has 2 heteroatoms. The normalized spacial score (nSPS) is 22.6.